The van der Waals surface area contributed by atoms with Crippen molar-refractivity contribution in [3.05, 3.63) is 23.8 Å². The first-order valence-electron chi connectivity index (χ1n) is 6.86. The van der Waals surface area contributed by atoms with Crippen molar-refractivity contribution < 1.29 is 8.42 Å². The molecule has 1 aliphatic heterocycles. The molecule has 0 spiro atoms. The molecule has 112 valence electrons. The van der Waals surface area contributed by atoms with Gasteiger partial charge in [-0.05, 0) is 50.6 Å². The van der Waals surface area contributed by atoms with Gasteiger partial charge in [0.25, 0.3) is 0 Å². The third kappa shape index (κ3) is 3.31. The van der Waals surface area contributed by atoms with E-state index in [0.717, 1.165) is 19.5 Å². The third-order valence-electron chi connectivity index (χ3n) is 3.92. The summed E-state index contributed by atoms with van der Waals surface area (Å²) in [5.41, 5.74) is 6.88. The molecule has 1 saturated heterocycles. The maximum atomic E-state index is 12.5. The Morgan fingerprint density at radius 3 is 2.75 bits per heavy atom. The van der Waals surface area contributed by atoms with E-state index in [9.17, 15) is 8.42 Å². The fourth-order valence-corrected chi connectivity index (χ4v) is 4.36. The molecule has 1 heterocycles. The Morgan fingerprint density at radius 1 is 1.40 bits per heavy atom. The van der Waals surface area contributed by atoms with Gasteiger partial charge in [0.05, 0.1) is 4.90 Å². The molecule has 2 atom stereocenters. The number of sulfonamides is 1. The first kappa shape index (κ1) is 15.3. The van der Waals surface area contributed by atoms with Crippen LogP contribution < -0.4 is 10.5 Å². The predicted octanol–water partition coefficient (Wildman–Crippen LogP) is 1.20. The Kier molecular flexibility index (Phi) is 4.36. The van der Waals surface area contributed by atoms with Gasteiger partial charge in [0.1, 0.15) is 0 Å². The van der Waals surface area contributed by atoms with E-state index in [2.05, 4.69) is 23.6 Å². The van der Waals surface area contributed by atoms with Crippen LogP contribution in [0.1, 0.15) is 18.9 Å². The second-order valence-corrected chi connectivity index (χ2v) is 7.46. The highest BCUT2D eigenvalue weighted by molar-refractivity contribution is 7.89. The first-order chi connectivity index (χ1) is 9.29. The number of benzene rings is 1. The number of anilines is 1. The minimum absolute atomic E-state index is 0.0166. The zero-order chi connectivity index (χ0) is 14.9. The van der Waals surface area contributed by atoms with Gasteiger partial charge in [-0.15, -0.1) is 0 Å². The maximum absolute atomic E-state index is 12.5. The molecule has 1 fully saturated rings. The highest BCUT2D eigenvalue weighted by Gasteiger charge is 2.29. The van der Waals surface area contributed by atoms with Crippen LogP contribution in [-0.2, 0) is 10.0 Å². The van der Waals surface area contributed by atoms with E-state index in [4.69, 9.17) is 5.73 Å². The molecule has 2 rings (SSSR count). The molecule has 0 aromatic heterocycles. The average Bonchev–Trinajstić information content (AvgIpc) is 2.35. The summed E-state index contributed by atoms with van der Waals surface area (Å²) >= 11 is 0. The normalized spacial score (nSPS) is 24.8. The molecule has 1 aromatic rings. The van der Waals surface area contributed by atoms with Crippen LogP contribution in [0.4, 0.5) is 5.69 Å². The topological polar surface area (TPSA) is 75.4 Å². The lowest BCUT2D eigenvalue weighted by Crippen LogP contribution is -2.48. The van der Waals surface area contributed by atoms with Crippen molar-refractivity contribution in [1.82, 2.24) is 9.62 Å². The summed E-state index contributed by atoms with van der Waals surface area (Å²) in [6.45, 7) is 5.68. The van der Waals surface area contributed by atoms with Crippen LogP contribution in [0.25, 0.3) is 0 Å². The highest BCUT2D eigenvalue weighted by atomic mass is 32.2. The number of piperidine rings is 1. The summed E-state index contributed by atoms with van der Waals surface area (Å²) in [5, 5.41) is 0. The molecule has 0 bridgehead atoms. The lowest BCUT2D eigenvalue weighted by atomic mass is 9.95. The molecular formula is C14H23N3O2S. The van der Waals surface area contributed by atoms with Gasteiger partial charge in [-0.1, -0.05) is 13.0 Å². The Labute approximate surface area is 121 Å². The predicted molar refractivity (Wildman–Crippen MR) is 81.0 cm³/mol. The summed E-state index contributed by atoms with van der Waals surface area (Å²) < 4.78 is 27.9. The molecule has 20 heavy (non-hydrogen) atoms. The molecule has 2 unspecified atom stereocenters. The van der Waals surface area contributed by atoms with Crippen molar-refractivity contribution >= 4 is 15.7 Å². The molecule has 1 aliphatic rings. The number of nitrogen functional groups attached to an aromatic ring is 1. The molecule has 0 radical (unpaired) electrons. The number of nitrogens with zero attached hydrogens (tertiary/aromatic N) is 1. The van der Waals surface area contributed by atoms with E-state index in [1.807, 2.05) is 0 Å². The number of nitrogens with one attached hydrogen (secondary N) is 1. The molecule has 3 N–H and O–H groups in total. The van der Waals surface area contributed by atoms with Gasteiger partial charge in [0, 0.05) is 18.3 Å². The Hall–Kier alpha value is -1.11. The SMILES string of the molecule is Cc1ccc(N)cc1S(=O)(=O)NC1CCN(C)CC1C. The van der Waals surface area contributed by atoms with Gasteiger partial charge < -0.3 is 10.6 Å². The van der Waals surface area contributed by atoms with Crippen LogP contribution in [0.3, 0.4) is 0 Å². The lowest BCUT2D eigenvalue weighted by Gasteiger charge is -2.35. The van der Waals surface area contributed by atoms with Crippen molar-refractivity contribution in [3.8, 4) is 0 Å². The molecule has 1 aromatic carbocycles. The van der Waals surface area contributed by atoms with Crippen molar-refractivity contribution in [2.24, 2.45) is 5.92 Å². The Balaban J connectivity index is 2.21. The van der Waals surface area contributed by atoms with E-state index in [1.165, 1.54) is 6.07 Å². The molecular weight excluding hydrogens is 274 g/mol. The number of aryl methyl sites for hydroxylation is 1. The largest absolute Gasteiger partial charge is 0.399 e. The summed E-state index contributed by atoms with van der Waals surface area (Å²) in [6, 6.07) is 4.96. The van der Waals surface area contributed by atoms with Crippen molar-refractivity contribution in [2.45, 2.75) is 31.2 Å². The minimum atomic E-state index is -3.51. The lowest BCUT2D eigenvalue weighted by molar-refractivity contribution is 0.188. The van der Waals surface area contributed by atoms with Gasteiger partial charge in [-0.25, -0.2) is 13.1 Å². The van der Waals surface area contributed by atoms with Crippen LogP contribution in [0.5, 0.6) is 0 Å². The smallest absolute Gasteiger partial charge is 0.241 e. The molecule has 5 nitrogen and oxygen atoms in total. The summed E-state index contributed by atoms with van der Waals surface area (Å²) in [6.07, 6.45) is 0.832. The summed E-state index contributed by atoms with van der Waals surface area (Å²) in [4.78, 5) is 2.50. The fraction of sp³-hybridized carbons (Fsp3) is 0.571. The Bertz CT molecular complexity index is 586. The van der Waals surface area contributed by atoms with E-state index in [0.29, 0.717) is 17.2 Å². The fourth-order valence-electron chi connectivity index (χ4n) is 2.70. The Morgan fingerprint density at radius 2 is 2.10 bits per heavy atom. The second kappa shape index (κ2) is 5.71. The monoisotopic (exact) mass is 297 g/mol. The van der Waals surface area contributed by atoms with Crippen LogP contribution >= 0.6 is 0 Å². The van der Waals surface area contributed by atoms with Gasteiger partial charge in [0.2, 0.25) is 10.0 Å². The van der Waals surface area contributed by atoms with Gasteiger partial charge in [-0.3, -0.25) is 0 Å². The minimum Gasteiger partial charge on any atom is -0.399 e. The average molecular weight is 297 g/mol. The zero-order valence-corrected chi connectivity index (χ0v) is 13.1. The number of hydrogen-bond acceptors (Lipinski definition) is 4. The van der Waals surface area contributed by atoms with E-state index in [1.54, 1.807) is 19.1 Å². The molecule has 6 heteroatoms. The zero-order valence-electron chi connectivity index (χ0n) is 12.3. The first-order valence-corrected chi connectivity index (χ1v) is 8.35. The molecule has 0 saturated carbocycles. The van der Waals surface area contributed by atoms with Gasteiger partial charge in [0.15, 0.2) is 0 Å². The second-order valence-electron chi connectivity index (χ2n) is 5.78. The van der Waals surface area contributed by atoms with Crippen LogP contribution in [-0.4, -0.2) is 39.5 Å². The number of likely N-dealkylation sites (tertiary alicyclic amines) is 1. The van der Waals surface area contributed by atoms with E-state index < -0.39 is 10.0 Å². The number of hydrogen-bond donors (Lipinski definition) is 2. The van der Waals surface area contributed by atoms with Crippen LogP contribution in [0, 0.1) is 12.8 Å². The van der Waals surface area contributed by atoms with E-state index >= 15 is 0 Å². The molecule has 0 amide bonds. The summed E-state index contributed by atoms with van der Waals surface area (Å²) in [7, 11) is -1.45. The van der Waals surface area contributed by atoms with Gasteiger partial charge >= 0.3 is 0 Å². The van der Waals surface area contributed by atoms with Crippen molar-refractivity contribution in [2.75, 3.05) is 25.9 Å². The van der Waals surface area contributed by atoms with Gasteiger partial charge in [-0.2, -0.15) is 0 Å². The highest BCUT2D eigenvalue weighted by Crippen LogP contribution is 2.22. The van der Waals surface area contributed by atoms with Crippen LogP contribution in [0.15, 0.2) is 23.1 Å². The molecule has 0 aliphatic carbocycles. The maximum Gasteiger partial charge on any atom is 0.241 e. The quantitative estimate of drug-likeness (QED) is 0.822. The van der Waals surface area contributed by atoms with Crippen molar-refractivity contribution in [3.63, 3.8) is 0 Å². The summed E-state index contributed by atoms with van der Waals surface area (Å²) in [5.74, 6) is 0.296. The third-order valence-corrected chi connectivity index (χ3v) is 5.55. The van der Waals surface area contributed by atoms with Crippen molar-refractivity contribution in [1.29, 1.82) is 0 Å². The van der Waals surface area contributed by atoms with E-state index in [-0.39, 0.29) is 10.9 Å². The standard InChI is InChI=1S/C14H23N3O2S/c1-10-4-5-12(15)8-14(10)20(18,19)16-13-6-7-17(3)9-11(13)2/h4-5,8,11,13,16H,6-7,9,15H2,1-3H3. The van der Waals surface area contributed by atoms with Crippen LogP contribution in [0.2, 0.25) is 0 Å². The number of nitrogens with two attached hydrogens (primary N) is 1. The number of rotatable bonds is 3.